The molecule has 0 aliphatic carbocycles. The van der Waals surface area contributed by atoms with Gasteiger partial charge in [0.05, 0.1) is 13.2 Å². The van der Waals surface area contributed by atoms with Gasteiger partial charge in [0.1, 0.15) is 17.8 Å². The number of halogens is 1. The highest BCUT2D eigenvalue weighted by atomic mass is 19.1. The van der Waals surface area contributed by atoms with Crippen molar-refractivity contribution in [1.82, 2.24) is 0 Å². The molecule has 10 atom stereocenters. The first kappa shape index (κ1) is 65.3. The third-order valence-corrected chi connectivity index (χ3v) is 12.0. The van der Waals surface area contributed by atoms with E-state index in [2.05, 4.69) is 0 Å². The van der Waals surface area contributed by atoms with Crippen molar-refractivity contribution in [2.45, 2.75) is 212 Å². The van der Waals surface area contributed by atoms with Crippen molar-refractivity contribution >= 4 is 47.8 Å². The van der Waals surface area contributed by atoms with Crippen LogP contribution in [0.2, 0.25) is 0 Å². The maximum Gasteiger partial charge on any atom is 0.331 e. The van der Waals surface area contributed by atoms with E-state index in [0.29, 0.717) is 44.1 Å². The van der Waals surface area contributed by atoms with Gasteiger partial charge in [0.15, 0.2) is 24.4 Å². The number of ether oxygens (including phenoxy) is 10. The number of carbonyl (C=O) groups is 8. The lowest BCUT2D eigenvalue weighted by Gasteiger charge is -2.41. The Labute approximate surface area is 451 Å². The van der Waals surface area contributed by atoms with E-state index in [4.69, 9.17) is 58.8 Å². The zero-order valence-electron chi connectivity index (χ0n) is 46.1. The van der Waals surface area contributed by atoms with Crippen LogP contribution in [0.4, 0.5) is 4.39 Å². The summed E-state index contributed by atoms with van der Waals surface area (Å²) in [7, 11) is 0. The van der Waals surface area contributed by atoms with E-state index in [1.165, 1.54) is 6.92 Å². The van der Waals surface area contributed by atoms with Crippen molar-refractivity contribution in [3.05, 3.63) is 70.8 Å². The summed E-state index contributed by atoms with van der Waals surface area (Å²) >= 11 is 0. The number of rotatable bonds is 27. The summed E-state index contributed by atoms with van der Waals surface area (Å²) in [6, 6.07) is 14.6. The molecule has 0 saturated carbocycles. The molecule has 77 heavy (non-hydrogen) atoms. The Morgan fingerprint density at radius 1 is 0.468 bits per heavy atom. The van der Waals surface area contributed by atoms with Crippen LogP contribution in [0.15, 0.2) is 48.5 Å². The van der Waals surface area contributed by atoms with Gasteiger partial charge < -0.3 is 58.8 Å². The number of esters is 8. The standard InChI is InChI=1S/C28H40FNO9.C28H41NO9/c1-5-8-21(31)36-20-16-35-26(25(38-23(33)10-7-3)24(20)37-22(32)9-6-2)39-27(34)28(30,17-29)15-19-13-11-18(4)12-14-19;1-6-9-21(30)35-20-17-34-26(25(37-23(32)11-8-3)24(20)36-22(31)10-7-2)38-27(33)28(5,29)16-19-14-12-18(4)13-15-19/h11-14,20,24-26H,5-10,15-17,30H2,1-4H3;12-15,20,24-26H,6-11,16-17,29H2,1-5H3/t20?,24-,25+,26-,28+;20?,24-,25+,26-,28-/m00/s1. The molecule has 4 N–H and O–H groups in total. The lowest BCUT2D eigenvalue weighted by Crippen LogP contribution is -2.61. The van der Waals surface area contributed by atoms with Crippen molar-refractivity contribution in [2.24, 2.45) is 11.5 Å². The normalized spacial score (nSPS) is 22.4. The third kappa shape index (κ3) is 21.4. The van der Waals surface area contributed by atoms with Crippen molar-refractivity contribution in [1.29, 1.82) is 0 Å². The van der Waals surface area contributed by atoms with Gasteiger partial charge in [-0.15, -0.1) is 0 Å². The van der Waals surface area contributed by atoms with Crippen molar-refractivity contribution in [2.75, 3.05) is 19.9 Å². The highest BCUT2D eigenvalue weighted by molar-refractivity contribution is 5.82. The van der Waals surface area contributed by atoms with Crippen LogP contribution in [0, 0.1) is 13.8 Å². The molecule has 21 heteroatoms. The summed E-state index contributed by atoms with van der Waals surface area (Å²) in [6.45, 7) is 14.3. The quantitative estimate of drug-likeness (QED) is 0.0710. The van der Waals surface area contributed by atoms with Crippen molar-refractivity contribution < 1.29 is 90.1 Å². The molecule has 2 aliphatic heterocycles. The average Bonchev–Trinajstić information content (AvgIpc) is 3.37. The molecule has 4 rings (SSSR count). The number of benzene rings is 2. The summed E-state index contributed by atoms with van der Waals surface area (Å²) in [4.78, 5) is 101. The Balaban J connectivity index is 0.000000405. The van der Waals surface area contributed by atoms with Gasteiger partial charge in [-0.2, -0.15) is 0 Å². The topological polar surface area (TPSA) is 281 Å². The molecule has 0 amide bonds. The molecule has 0 radical (unpaired) electrons. The summed E-state index contributed by atoms with van der Waals surface area (Å²) in [5, 5.41) is 0. The molecule has 2 aromatic carbocycles. The fourth-order valence-electron chi connectivity index (χ4n) is 7.86. The summed E-state index contributed by atoms with van der Waals surface area (Å²) < 4.78 is 69.9. The lowest BCUT2D eigenvalue weighted by atomic mass is 9.92. The minimum Gasteiger partial charge on any atom is -0.456 e. The largest absolute Gasteiger partial charge is 0.456 e. The number of hydrogen-bond donors (Lipinski definition) is 2. The molecular formula is C56H81FN2O18. The van der Waals surface area contributed by atoms with Crippen LogP contribution < -0.4 is 11.5 Å². The first-order valence-corrected chi connectivity index (χ1v) is 26.6. The van der Waals surface area contributed by atoms with Crippen LogP contribution in [-0.4, -0.2) is 128 Å². The predicted octanol–water partition coefficient (Wildman–Crippen LogP) is 6.53. The summed E-state index contributed by atoms with van der Waals surface area (Å²) in [6.07, 6.45) is -7.04. The van der Waals surface area contributed by atoms with E-state index in [9.17, 15) is 42.7 Å². The van der Waals surface area contributed by atoms with E-state index in [-0.39, 0.29) is 64.6 Å². The number of alkyl halides is 1. The maximum atomic E-state index is 14.2. The van der Waals surface area contributed by atoms with Gasteiger partial charge in [-0.3, -0.25) is 28.8 Å². The minimum absolute atomic E-state index is 0.0197. The molecule has 2 aromatic rings. The first-order valence-electron chi connectivity index (χ1n) is 26.6. The fraction of sp³-hybridized carbons (Fsp3) is 0.643. The fourth-order valence-corrected chi connectivity index (χ4v) is 7.86. The second kappa shape index (κ2) is 32.6. The third-order valence-electron chi connectivity index (χ3n) is 12.0. The lowest BCUT2D eigenvalue weighted by molar-refractivity contribution is -0.277. The van der Waals surface area contributed by atoms with Gasteiger partial charge in [-0.05, 0) is 70.4 Å². The van der Waals surface area contributed by atoms with Gasteiger partial charge in [0, 0.05) is 51.4 Å². The monoisotopic (exact) mass is 1090 g/mol. The van der Waals surface area contributed by atoms with E-state index in [1.54, 1.807) is 39.8 Å². The number of aryl methyl sites for hydroxylation is 2. The van der Waals surface area contributed by atoms with Crippen LogP contribution >= 0.6 is 0 Å². The van der Waals surface area contributed by atoms with Gasteiger partial charge in [-0.1, -0.05) is 101 Å². The van der Waals surface area contributed by atoms with Crippen LogP contribution in [-0.2, 0) is 98.6 Å². The van der Waals surface area contributed by atoms with Crippen molar-refractivity contribution in [3.8, 4) is 0 Å². The van der Waals surface area contributed by atoms with Gasteiger partial charge >= 0.3 is 47.8 Å². The highest BCUT2D eigenvalue weighted by Gasteiger charge is 2.52. The molecule has 2 aliphatic rings. The molecular weight excluding hydrogens is 1010 g/mol. The second-order valence-corrected chi connectivity index (χ2v) is 19.6. The Hall–Kier alpha value is -6.03. The summed E-state index contributed by atoms with van der Waals surface area (Å²) in [5.74, 6) is -5.47. The van der Waals surface area contributed by atoms with Crippen LogP contribution in [0.5, 0.6) is 0 Å². The van der Waals surface area contributed by atoms with Crippen LogP contribution in [0.3, 0.4) is 0 Å². The molecule has 430 valence electrons. The molecule has 0 aromatic heterocycles. The Kier molecular flexibility index (Phi) is 27.7. The van der Waals surface area contributed by atoms with E-state index < -0.39 is 115 Å². The Morgan fingerprint density at radius 2 is 0.766 bits per heavy atom. The van der Waals surface area contributed by atoms with Gasteiger partial charge in [-0.25, -0.2) is 14.0 Å². The minimum atomic E-state index is -2.06. The van der Waals surface area contributed by atoms with E-state index in [0.717, 1.165) is 16.7 Å². The zero-order chi connectivity index (χ0) is 57.3. The highest BCUT2D eigenvalue weighted by Crippen LogP contribution is 2.30. The molecule has 2 unspecified atom stereocenters. The average molecular weight is 1090 g/mol. The van der Waals surface area contributed by atoms with E-state index in [1.807, 2.05) is 64.1 Å². The molecule has 2 heterocycles. The Morgan fingerprint density at radius 3 is 1.09 bits per heavy atom. The number of hydrogen-bond acceptors (Lipinski definition) is 20. The van der Waals surface area contributed by atoms with Crippen molar-refractivity contribution in [3.63, 3.8) is 0 Å². The smallest absolute Gasteiger partial charge is 0.331 e. The molecule has 2 fully saturated rings. The van der Waals surface area contributed by atoms with E-state index >= 15 is 0 Å². The zero-order valence-corrected chi connectivity index (χ0v) is 46.1. The predicted molar refractivity (Wildman–Crippen MR) is 276 cm³/mol. The van der Waals surface area contributed by atoms with Crippen LogP contribution in [0.25, 0.3) is 0 Å². The number of nitrogens with two attached hydrogens (primary N) is 2. The molecule has 2 saturated heterocycles. The molecule has 20 nitrogen and oxygen atoms in total. The number of carbonyl (C=O) groups excluding carboxylic acids is 8. The summed E-state index contributed by atoms with van der Waals surface area (Å²) in [5.41, 5.74) is 12.5. The Bertz CT molecular complexity index is 2220. The SMILES string of the molecule is CCCC(=O)OC1CO[C@@H](OC(=O)[C@@](C)(N)Cc2ccc(C)cc2)[C@H](OC(=O)CCC)[C@H]1OC(=O)CCC.CCCC(=O)OC1CO[C@@H](OC(=O)[C@](N)(CF)Cc2ccc(C)cc2)[C@H](OC(=O)CCC)[C@H]1OC(=O)CCC. The van der Waals surface area contributed by atoms with Crippen LogP contribution in [0.1, 0.15) is 148 Å². The second-order valence-electron chi connectivity index (χ2n) is 19.6. The molecule has 0 spiro atoms. The maximum absolute atomic E-state index is 14.2. The van der Waals surface area contributed by atoms with Gasteiger partial charge in [0.25, 0.3) is 0 Å². The van der Waals surface area contributed by atoms with Gasteiger partial charge in [0.2, 0.25) is 24.8 Å². The first-order chi connectivity index (χ1) is 36.6. The molecule has 0 bridgehead atoms.